The summed E-state index contributed by atoms with van der Waals surface area (Å²) in [4.78, 5) is 4.21. The highest BCUT2D eigenvalue weighted by Gasteiger charge is 2.15. The predicted octanol–water partition coefficient (Wildman–Crippen LogP) is 2.47. The van der Waals surface area contributed by atoms with Gasteiger partial charge in [-0.15, -0.1) is 0 Å². The van der Waals surface area contributed by atoms with Crippen LogP contribution in [0, 0.1) is 0 Å². The molecule has 0 aliphatic carbocycles. The van der Waals surface area contributed by atoms with Crippen LogP contribution in [0.1, 0.15) is 19.8 Å². The molecule has 0 aromatic heterocycles. The van der Waals surface area contributed by atoms with Gasteiger partial charge in [0.1, 0.15) is 11.9 Å². The zero-order valence-electron chi connectivity index (χ0n) is 15.0. The Kier molecular flexibility index (Phi) is 8.86. The first kappa shape index (κ1) is 19.8. The van der Waals surface area contributed by atoms with E-state index < -0.39 is 0 Å². The molecule has 0 bridgehead atoms. The maximum atomic E-state index is 5.96. The van der Waals surface area contributed by atoms with Crippen LogP contribution in [0.5, 0.6) is 5.75 Å². The summed E-state index contributed by atoms with van der Waals surface area (Å²) in [5, 5.41) is 7.20. The van der Waals surface area contributed by atoms with E-state index in [1.807, 2.05) is 25.1 Å². The van der Waals surface area contributed by atoms with Gasteiger partial charge in [0.15, 0.2) is 5.96 Å². The minimum Gasteiger partial charge on any atom is -0.489 e. The lowest BCUT2D eigenvalue weighted by Gasteiger charge is -2.18. The fourth-order valence-corrected chi connectivity index (χ4v) is 2.63. The maximum Gasteiger partial charge on any atom is 0.191 e. The van der Waals surface area contributed by atoms with Gasteiger partial charge >= 0.3 is 0 Å². The van der Waals surface area contributed by atoms with Gasteiger partial charge in [-0.05, 0) is 38.0 Å². The first-order chi connectivity index (χ1) is 12.2. The molecule has 0 saturated carbocycles. The van der Waals surface area contributed by atoms with E-state index in [9.17, 15) is 0 Å². The van der Waals surface area contributed by atoms with Crippen molar-refractivity contribution in [1.29, 1.82) is 0 Å². The second-order valence-corrected chi connectivity index (χ2v) is 6.41. The third-order valence-corrected chi connectivity index (χ3v) is 4.00. The average molecular weight is 370 g/mol. The van der Waals surface area contributed by atoms with Crippen LogP contribution in [0.25, 0.3) is 0 Å². The number of halogens is 1. The van der Waals surface area contributed by atoms with E-state index in [4.69, 9.17) is 25.8 Å². The quantitative estimate of drug-likeness (QED) is 0.398. The normalized spacial score (nSPS) is 18.8. The summed E-state index contributed by atoms with van der Waals surface area (Å²) in [6.45, 7) is 5.71. The summed E-state index contributed by atoms with van der Waals surface area (Å²) < 4.78 is 16.8. The average Bonchev–Trinajstić information content (AvgIpc) is 3.10. The zero-order chi connectivity index (χ0) is 17.9. The highest BCUT2D eigenvalue weighted by atomic mass is 35.5. The number of rotatable bonds is 9. The standard InChI is InChI=1S/C18H28ClN3O3/c1-14(25-16-6-3-5-15(19)11-16)12-22-18(20-2)21-8-4-9-24-17-7-10-23-13-17/h3,5-6,11,14,17H,4,7-10,12-13H2,1-2H3,(H2,20,21,22). The van der Waals surface area contributed by atoms with E-state index >= 15 is 0 Å². The van der Waals surface area contributed by atoms with Crippen molar-refractivity contribution in [2.24, 2.45) is 4.99 Å². The first-order valence-corrected chi connectivity index (χ1v) is 9.11. The molecular weight excluding hydrogens is 342 g/mol. The number of hydrogen-bond donors (Lipinski definition) is 2. The van der Waals surface area contributed by atoms with E-state index in [0.717, 1.165) is 50.9 Å². The van der Waals surface area contributed by atoms with Crippen LogP contribution in [0.2, 0.25) is 5.02 Å². The Hall–Kier alpha value is -1.50. The van der Waals surface area contributed by atoms with Gasteiger partial charge in [0.05, 0.1) is 19.3 Å². The molecule has 1 fully saturated rings. The molecule has 6 nitrogen and oxygen atoms in total. The molecule has 1 aliphatic rings. The molecule has 1 heterocycles. The molecule has 7 heteroatoms. The Morgan fingerprint density at radius 3 is 3.04 bits per heavy atom. The van der Waals surface area contributed by atoms with Crippen LogP contribution in [0.15, 0.2) is 29.3 Å². The number of aliphatic imine (C=N–C) groups is 1. The number of guanidine groups is 1. The first-order valence-electron chi connectivity index (χ1n) is 8.73. The Morgan fingerprint density at radius 2 is 2.32 bits per heavy atom. The zero-order valence-corrected chi connectivity index (χ0v) is 15.7. The van der Waals surface area contributed by atoms with Gasteiger partial charge in [-0.3, -0.25) is 4.99 Å². The van der Waals surface area contributed by atoms with Gasteiger partial charge in [-0.25, -0.2) is 0 Å². The van der Waals surface area contributed by atoms with Crippen LogP contribution in [0.3, 0.4) is 0 Å². The second kappa shape index (κ2) is 11.2. The van der Waals surface area contributed by atoms with Gasteiger partial charge in [0.25, 0.3) is 0 Å². The van der Waals surface area contributed by atoms with Crippen molar-refractivity contribution in [2.45, 2.75) is 32.0 Å². The molecule has 1 aromatic carbocycles. The molecule has 0 amide bonds. The molecule has 1 aliphatic heterocycles. The maximum absolute atomic E-state index is 5.96. The third kappa shape index (κ3) is 7.94. The van der Waals surface area contributed by atoms with Gasteiger partial charge in [-0.1, -0.05) is 17.7 Å². The molecule has 1 saturated heterocycles. The van der Waals surface area contributed by atoms with Crippen molar-refractivity contribution >= 4 is 17.6 Å². The third-order valence-electron chi connectivity index (χ3n) is 3.77. The van der Waals surface area contributed by atoms with E-state index in [2.05, 4.69) is 15.6 Å². The molecule has 0 spiro atoms. The second-order valence-electron chi connectivity index (χ2n) is 5.98. The lowest BCUT2D eigenvalue weighted by Crippen LogP contribution is -2.42. The van der Waals surface area contributed by atoms with E-state index in [1.165, 1.54) is 0 Å². The van der Waals surface area contributed by atoms with Crippen LogP contribution in [-0.4, -0.2) is 58.1 Å². The molecule has 2 unspecified atom stereocenters. The Morgan fingerprint density at radius 1 is 1.44 bits per heavy atom. The highest BCUT2D eigenvalue weighted by Crippen LogP contribution is 2.18. The number of nitrogens with one attached hydrogen (secondary N) is 2. The van der Waals surface area contributed by atoms with Gasteiger partial charge in [0.2, 0.25) is 0 Å². The van der Waals surface area contributed by atoms with Crippen LogP contribution < -0.4 is 15.4 Å². The fraction of sp³-hybridized carbons (Fsp3) is 0.611. The molecule has 25 heavy (non-hydrogen) atoms. The molecule has 2 atom stereocenters. The van der Waals surface area contributed by atoms with Crippen molar-refractivity contribution in [3.05, 3.63) is 29.3 Å². The van der Waals surface area contributed by atoms with E-state index in [-0.39, 0.29) is 12.2 Å². The largest absolute Gasteiger partial charge is 0.489 e. The smallest absolute Gasteiger partial charge is 0.191 e. The molecular formula is C18H28ClN3O3. The van der Waals surface area contributed by atoms with E-state index in [0.29, 0.717) is 11.6 Å². The van der Waals surface area contributed by atoms with Crippen molar-refractivity contribution in [3.8, 4) is 5.75 Å². The molecule has 1 aromatic rings. The highest BCUT2D eigenvalue weighted by molar-refractivity contribution is 6.30. The minimum absolute atomic E-state index is 0.0114. The fourth-order valence-electron chi connectivity index (χ4n) is 2.45. The Balaban J connectivity index is 1.57. The molecule has 2 rings (SSSR count). The number of ether oxygens (including phenoxy) is 3. The lowest BCUT2D eigenvalue weighted by atomic mass is 10.3. The van der Waals surface area contributed by atoms with Gasteiger partial charge in [0, 0.05) is 31.8 Å². The number of nitrogens with zero attached hydrogens (tertiary/aromatic N) is 1. The number of benzene rings is 1. The van der Waals surface area contributed by atoms with Crippen LogP contribution in [-0.2, 0) is 9.47 Å². The predicted molar refractivity (Wildman–Crippen MR) is 101 cm³/mol. The van der Waals surface area contributed by atoms with Gasteiger partial charge < -0.3 is 24.8 Å². The van der Waals surface area contributed by atoms with Gasteiger partial charge in [-0.2, -0.15) is 0 Å². The topological polar surface area (TPSA) is 64.1 Å². The summed E-state index contributed by atoms with van der Waals surface area (Å²) in [7, 11) is 1.75. The Bertz CT molecular complexity index is 536. The molecule has 2 N–H and O–H groups in total. The summed E-state index contributed by atoms with van der Waals surface area (Å²) in [6, 6.07) is 7.40. The molecule has 140 valence electrons. The van der Waals surface area contributed by atoms with Crippen molar-refractivity contribution < 1.29 is 14.2 Å². The summed E-state index contributed by atoms with van der Waals surface area (Å²) in [5.74, 6) is 1.52. The minimum atomic E-state index is -0.0114. The lowest BCUT2D eigenvalue weighted by molar-refractivity contribution is 0.0420. The van der Waals surface area contributed by atoms with Crippen LogP contribution >= 0.6 is 11.6 Å². The molecule has 0 radical (unpaired) electrons. The SMILES string of the molecule is CN=C(NCCCOC1CCOC1)NCC(C)Oc1cccc(Cl)c1. The summed E-state index contributed by atoms with van der Waals surface area (Å²) in [6.07, 6.45) is 2.18. The summed E-state index contributed by atoms with van der Waals surface area (Å²) >= 11 is 5.96. The van der Waals surface area contributed by atoms with Crippen LogP contribution in [0.4, 0.5) is 0 Å². The van der Waals surface area contributed by atoms with Crippen molar-refractivity contribution in [1.82, 2.24) is 10.6 Å². The van der Waals surface area contributed by atoms with Crippen molar-refractivity contribution in [3.63, 3.8) is 0 Å². The monoisotopic (exact) mass is 369 g/mol. The Labute approximate surface area is 154 Å². The van der Waals surface area contributed by atoms with Crippen molar-refractivity contribution in [2.75, 3.05) is 40.0 Å². The number of hydrogen-bond acceptors (Lipinski definition) is 4. The van der Waals surface area contributed by atoms with E-state index in [1.54, 1.807) is 13.1 Å². The summed E-state index contributed by atoms with van der Waals surface area (Å²) in [5.41, 5.74) is 0.